The van der Waals surface area contributed by atoms with Gasteiger partial charge in [-0.2, -0.15) is 5.10 Å². The Morgan fingerprint density at radius 3 is 2.35 bits per heavy atom. The molecular weight excluding hydrogens is 542 g/mol. The Balaban J connectivity index is 1.79. The number of anilines is 1. The van der Waals surface area contributed by atoms with Crippen LogP contribution in [0.3, 0.4) is 0 Å². The van der Waals surface area contributed by atoms with Gasteiger partial charge >= 0.3 is 0 Å². The fraction of sp³-hybridized carbons (Fsp3) is 0.182. The summed E-state index contributed by atoms with van der Waals surface area (Å²) in [4.78, 5) is 12.5. The van der Waals surface area contributed by atoms with Crippen molar-refractivity contribution >= 4 is 74.2 Å². The highest BCUT2D eigenvalue weighted by Gasteiger charge is 2.22. The van der Waals surface area contributed by atoms with E-state index in [9.17, 15) is 13.2 Å². The van der Waals surface area contributed by atoms with Crippen LogP contribution in [0.25, 0.3) is 5.69 Å². The normalized spacial score (nSPS) is 11.7. The first-order chi connectivity index (χ1) is 15.9. The summed E-state index contributed by atoms with van der Waals surface area (Å²) < 4.78 is 27.3. The lowest BCUT2D eigenvalue weighted by atomic mass is 10.2. The number of hydrogen-bond donors (Lipinski definition) is 1. The monoisotopic (exact) mass is 560 g/mol. The third-order valence-corrected chi connectivity index (χ3v) is 7.24. The van der Waals surface area contributed by atoms with Gasteiger partial charge in [0.25, 0.3) is 5.91 Å². The quantitative estimate of drug-likeness (QED) is 0.300. The molecule has 7 nitrogen and oxygen atoms in total. The van der Waals surface area contributed by atoms with Crippen LogP contribution in [0.4, 0.5) is 5.69 Å². The molecule has 0 aliphatic rings. The van der Waals surface area contributed by atoms with Crippen molar-refractivity contribution in [3.05, 3.63) is 79.5 Å². The second kappa shape index (κ2) is 10.6. The molecule has 1 heterocycles. The van der Waals surface area contributed by atoms with Gasteiger partial charge in [-0.05, 0) is 50.2 Å². The standard InChI is InChI=1S/C22H20Cl4N4O3S/c1-13-7-15(14(2)30(13)20-6-4-5-19(25)22(20)26)11-27-28-21(31)12-29(34(3,32)33)18-9-16(23)8-17(24)10-18/h4-11H,12H2,1-3H3,(H,28,31)/b27-11-. The first-order valence-electron chi connectivity index (χ1n) is 9.77. The van der Waals surface area contributed by atoms with E-state index in [-0.39, 0.29) is 15.7 Å². The minimum Gasteiger partial charge on any atom is -0.316 e. The average molecular weight is 562 g/mol. The molecular formula is C22H20Cl4N4O3S. The highest BCUT2D eigenvalue weighted by molar-refractivity contribution is 7.92. The Bertz CT molecular complexity index is 1370. The zero-order valence-electron chi connectivity index (χ0n) is 18.3. The first-order valence-corrected chi connectivity index (χ1v) is 13.1. The summed E-state index contributed by atoms with van der Waals surface area (Å²) in [6, 6.07) is 11.5. The number of hydrazone groups is 1. The first kappa shape index (κ1) is 26.4. The number of nitrogens with one attached hydrogen (secondary N) is 1. The molecule has 0 atom stereocenters. The van der Waals surface area contributed by atoms with Crippen LogP contribution in [0.15, 0.2) is 47.6 Å². The maximum absolute atomic E-state index is 12.5. The minimum absolute atomic E-state index is 0.168. The third-order valence-electron chi connectivity index (χ3n) is 4.86. The van der Waals surface area contributed by atoms with Crippen LogP contribution >= 0.6 is 46.4 Å². The van der Waals surface area contributed by atoms with Gasteiger partial charge in [0, 0.05) is 27.0 Å². The van der Waals surface area contributed by atoms with E-state index >= 15 is 0 Å². The molecule has 0 aliphatic heterocycles. The lowest BCUT2D eigenvalue weighted by Gasteiger charge is -2.21. The summed E-state index contributed by atoms with van der Waals surface area (Å²) in [7, 11) is -3.79. The van der Waals surface area contributed by atoms with Crippen LogP contribution in [0.2, 0.25) is 20.1 Å². The SMILES string of the molecule is Cc1cc(/C=N\NC(=O)CN(c2cc(Cl)cc(Cl)c2)S(C)(=O)=O)c(C)n1-c1cccc(Cl)c1Cl. The number of nitrogens with zero attached hydrogens (tertiary/aromatic N) is 3. The van der Waals surface area contributed by atoms with Crippen LogP contribution in [0, 0.1) is 13.8 Å². The molecule has 0 saturated heterocycles. The number of carbonyl (C=O) groups is 1. The number of benzene rings is 2. The summed E-state index contributed by atoms with van der Waals surface area (Å²) in [5, 5.41) is 5.32. The van der Waals surface area contributed by atoms with Gasteiger partial charge in [-0.15, -0.1) is 0 Å². The van der Waals surface area contributed by atoms with Crippen molar-refractivity contribution in [2.24, 2.45) is 5.10 Å². The molecule has 0 radical (unpaired) electrons. The van der Waals surface area contributed by atoms with E-state index in [0.717, 1.165) is 33.2 Å². The van der Waals surface area contributed by atoms with E-state index in [4.69, 9.17) is 46.4 Å². The molecule has 0 aliphatic carbocycles. The van der Waals surface area contributed by atoms with Gasteiger partial charge in [0.05, 0.1) is 33.9 Å². The largest absolute Gasteiger partial charge is 0.316 e. The van der Waals surface area contributed by atoms with Crippen LogP contribution in [-0.4, -0.2) is 37.9 Å². The van der Waals surface area contributed by atoms with Gasteiger partial charge in [0.15, 0.2) is 0 Å². The summed E-state index contributed by atoms with van der Waals surface area (Å²) >= 11 is 24.5. The minimum atomic E-state index is -3.79. The summed E-state index contributed by atoms with van der Waals surface area (Å²) in [6.45, 7) is 3.27. The van der Waals surface area contributed by atoms with E-state index in [0.29, 0.717) is 10.0 Å². The summed E-state index contributed by atoms with van der Waals surface area (Å²) in [6.07, 6.45) is 2.45. The number of sulfonamides is 1. The van der Waals surface area contributed by atoms with E-state index in [1.165, 1.54) is 24.4 Å². The van der Waals surface area contributed by atoms with Crippen molar-refractivity contribution in [3.63, 3.8) is 0 Å². The Labute approximate surface area is 217 Å². The molecule has 0 saturated carbocycles. The number of carbonyl (C=O) groups excluding carboxylic acids is 1. The van der Waals surface area contributed by atoms with E-state index in [2.05, 4.69) is 10.5 Å². The average Bonchev–Trinajstić information content (AvgIpc) is 3.00. The number of aryl methyl sites for hydroxylation is 1. The molecule has 1 N–H and O–H groups in total. The molecule has 180 valence electrons. The van der Waals surface area contributed by atoms with Gasteiger partial charge in [-0.25, -0.2) is 13.8 Å². The Hall–Kier alpha value is -2.23. The predicted octanol–water partition coefficient (Wildman–Crippen LogP) is 5.62. The predicted molar refractivity (Wildman–Crippen MR) is 140 cm³/mol. The number of halogens is 4. The lowest BCUT2D eigenvalue weighted by Crippen LogP contribution is -2.39. The van der Waals surface area contributed by atoms with Crippen molar-refractivity contribution in [2.45, 2.75) is 13.8 Å². The van der Waals surface area contributed by atoms with Crippen molar-refractivity contribution in [1.82, 2.24) is 9.99 Å². The van der Waals surface area contributed by atoms with Crippen LogP contribution in [-0.2, 0) is 14.8 Å². The molecule has 34 heavy (non-hydrogen) atoms. The van der Waals surface area contributed by atoms with Crippen molar-refractivity contribution in [2.75, 3.05) is 17.1 Å². The molecule has 0 bridgehead atoms. The second-order valence-electron chi connectivity index (χ2n) is 7.43. The molecule has 1 aromatic heterocycles. The van der Waals surface area contributed by atoms with Gasteiger partial charge < -0.3 is 4.57 Å². The molecule has 0 unspecified atom stereocenters. The third kappa shape index (κ3) is 6.06. The highest BCUT2D eigenvalue weighted by atomic mass is 35.5. The van der Waals surface area contributed by atoms with Crippen LogP contribution in [0.1, 0.15) is 17.0 Å². The molecule has 2 aromatic carbocycles. The molecule has 1 amide bonds. The zero-order valence-corrected chi connectivity index (χ0v) is 22.2. The Kier molecular flexibility index (Phi) is 8.21. The van der Waals surface area contributed by atoms with Crippen molar-refractivity contribution in [1.29, 1.82) is 0 Å². The van der Waals surface area contributed by atoms with E-state index < -0.39 is 22.5 Å². The van der Waals surface area contributed by atoms with Crippen LogP contribution < -0.4 is 9.73 Å². The lowest BCUT2D eigenvalue weighted by molar-refractivity contribution is -0.119. The molecule has 0 spiro atoms. The number of aromatic nitrogens is 1. The molecule has 12 heteroatoms. The fourth-order valence-electron chi connectivity index (χ4n) is 3.38. The fourth-order valence-corrected chi connectivity index (χ4v) is 5.11. The van der Waals surface area contributed by atoms with Gasteiger partial charge in [0.2, 0.25) is 10.0 Å². The topological polar surface area (TPSA) is 83.8 Å². The van der Waals surface area contributed by atoms with Gasteiger partial charge in [0.1, 0.15) is 6.54 Å². The maximum Gasteiger partial charge on any atom is 0.260 e. The van der Waals surface area contributed by atoms with Crippen molar-refractivity contribution < 1.29 is 13.2 Å². The number of rotatable bonds is 7. The van der Waals surface area contributed by atoms with Gasteiger partial charge in [-0.3, -0.25) is 9.10 Å². The summed E-state index contributed by atoms with van der Waals surface area (Å²) in [5.74, 6) is -0.649. The number of hydrogen-bond acceptors (Lipinski definition) is 4. The Morgan fingerprint density at radius 1 is 1.09 bits per heavy atom. The van der Waals surface area contributed by atoms with Gasteiger partial charge in [-0.1, -0.05) is 52.5 Å². The van der Waals surface area contributed by atoms with Crippen LogP contribution in [0.5, 0.6) is 0 Å². The molecule has 3 aromatic rings. The van der Waals surface area contributed by atoms with E-state index in [1.807, 2.05) is 30.5 Å². The highest BCUT2D eigenvalue weighted by Crippen LogP contribution is 2.31. The number of amides is 1. The Morgan fingerprint density at radius 2 is 1.74 bits per heavy atom. The second-order valence-corrected chi connectivity index (χ2v) is 11.0. The van der Waals surface area contributed by atoms with Crippen molar-refractivity contribution in [3.8, 4) is 5.69 Å². The molecule has 3 rings (SSSR count). The van der Waals surface area contributed by atoms with E-state index in [1.54, 1.807) is 12.1 Å². The smallest absolute Gasteiger partial charge is 0.260 e. The zero-order chi connectivity index (χ0) is 25.2. The summed E-state index contributed by atoms with van der Waals surface area (Å²) in [5.41, 5.74) is 5.68. The molecule has 0 fully saturated rings. The maximum atomic E-state index is 12.5.